The highest BCUT2D eigenvalue weighted by atomic mass is 32.1. The number of hydrogen-bond donors (Lipinski definition) is 2. The average molecular weight is 404 g/mol. The second-order valence-corrected chi connectivity index (χ2v) is 6.22. The van der Waals surface area contributed by atoms with Gasteiger partial charge in [-0.25, -0.2) is 9.18 Å². The van der Waals surface area contributed by atoms with E-state index in [0.29, 0.717) is 23.6 Å². The molecule has 2 aromatic rings. The molecule has 0 saturated carbocycles. The Bertz CT molecular complexity index is 810. The third-order valence-electron chi connectivity index (χ3n) is 3.55. The van der Waals surface area contributed by atoms with E-state index in [4.69, 9.17) is 21.7 Å². The molecule has 8 heteroatoms. The summed E-state index contributed by atoms with van der Waals surface area (Å²) in [5.41, 5.74) is 1.04. The fourth-order valence-corrected chi connectivity index (χ4v) is 2.32. The summed E-state index contributed by atoms with van der Waals surface area (Å²) in [6, 6.07) is 11.9. The van der Waals surface area contributed by atoms with E-state index < -0.39 is 5.91 Å². The molecule has 1 amide bonds. The molecule has 0 aliphatic heterocycles. The van der Waals surface area contributed by atoms with Crippen molar-refractivity contribution in [1.29, 1.82) is 0 Å². The van der Waals surface area contributed by atoms with Gasteiger partial charge in [-0.2, -0.15) is 0 Å². The van der Waals surface area contributed by atoms with Crippen LogP contribution < -0.4 is 15.4 Å². The zero-order chi connectivity index (χ0) is 20.4. The van der Waals surface area contributed by atoms with Crippen LogP contribution in [0.3, 0.4) is 0 Å². The van der Waals surface area contributed by atoms with Crippen LogP contribution in [0.15, 0.2) is 48.5 Å². The SMILES string of the molecule is CCCCOC(=O)c1ccc(NC(=S)NC(=O)COc2ccc(F)cc2)cc1. The number of carbonyl (C=O) groups is 2. The molecule has 28 heavy (non-hydrogen) atoms. The van der Waals surface area contributed by atoms with Gasteiger partial charge < -0.3 is 14.8 Å². The highest BCUT2D eigenvalue weighted by Gasteiger charge is 2.09. The molecule has 0 unspecified atom stereocenters. The van der Waals surface area contributed by atoms with E-state index in [0.717, 1.165) is 12.8 Å². The van der Waals surface area contributed by atoms with Crippen molar-refractivity contribution in [3.8, 4) is 5.75 Å². The second kappa shape index (κ2) is 11.0. The van der Waals surface area contributed by atoms with Gasteiger partial charge in [-0.05, 0) is 67.2 Å². The first-order valence-corrected chi connectivity index (χ1v) is 9.15. The summed E-state index contributed by atoms with van der Waals surface area (Å²) in [4.78, 5) is 23.7. The van der Waals surface area contributed by atoms with E-state index in [1.54, 1.807) is 24.3 Å². The third-order valence-corrected chi connectivity index (χ3v) is 3.75. The van der Waals surface area contributed by atoms with Crippen LogP contribution in [0.25, 0.3) is 0 Å². The van der Waals surface area contributed by atoms with Crippen molar-refractivity contribution < 1.29 is 23.5 Å². The summed E-state index contributed by atoms with van der Waals surface area (Å²) in [6.07, 6.45) is 1.78. The number of unbranched alkanes of at least 4 members (excludes halogenated alkanes) is 1. The minimum absolute atomic E-state index is 0.0889. The summed E-state index contributed by atoms with van der Waals surface area (Å²) in [5, 5.41) is 5.40. The van der Waals surface area contributed by atoms with E-state index in [1.165, 1.54) is 24.3 Å². The predicted molar refractivity (Wildman–Crippen MR) is 108 cm³/mol. The van der Waals surface area contributed by atoms with Gasteiger partial charge in [0.15, 0.2) is 11.7 Å². The first kappa shape index (κ1) is 21.3. The van der Waals surface area contributed by atoms with Gasteiger partial charge in [-0.1, -0.05) is 13.3 Å². The number of benzene rings is 2. The van der Waals surface area contributed by atoms with Crippen LogP contribution in [0.4, 0.5) is 10.1 Å². The van der Waals surface area contributed by atoms with Crippen molar-refractivity contribution in [3.05, 3.63) is 59.9 Å². The van der Waals surface area contributed by atoms with Gasteiger partial charge in [0.25, 0.3) is 5.91 Å². The maximum Gasteiger partial charge on any atom is 0.338 e. The standard InChI is InChI=1S/C20H21FN2O4S/c1-2-3-12-26-19(25)14-4-8-16(9-5-14)22-20(28)23-18(24)13-27-17-10-6-15(21)7-11-17/h4-11H,2-3,12-13H2,1H3,(H2,22,23,24,28). The van der Waals surface area contributed by atoms with Crippen molar-refractivity contribution >= 4 is 34.9 Å². The van der Waals surface area contributed by atoms with Gasteiger partial charge in [-0.3, -0.25) is 10.1 Å². The number of ether oxygens (including phenoxy) is 2. The van der Waals surface area contributed by atoms with Gasteiger partial charge in [0.2, 0.25) is 0 Å². The van der Waals surface area contributed by atoms with Crippen molar-refractivity contribution in [2.45, 2.75) is 19.8 Å². The molecule has 2 aromatic carbocycles. The Morgan fingerprint density at radius 3 is 2.39 bits per heavy atom. The molecular formula is C20H21FN2O4S. The van der Waals surface area contributed by atoms with E-state index in [9.17, 15) is 14.0 Å². The Morgan fingerprint density at radius 1 is 1.07 bits per heavy atom. The molecule has 6 nitrogen and oxygen atoms in total. The predicted octanol–water partition coefficient (Wildman–Crippen LogP) is 3.67. The molecule has 2 rings (SSSR count). The fourth-order valence-electron chi connectivity index (χ4n) is 2.09. The van der Waals surface area contributed by atoms with Crippen molar-refractivity contribution in [2.24, 2.45) is 0 Å². The number of nitrogens with one attached hydrogen (secondary N) is 2. The Morgan fingerprint density at radius 2 is 1.75 bits per heavy atom. The largest absolute Gasteiger partial charge is 0.484 e. The molecule has 0 aliphatic carbocycles. The molecule has 0 aliphatic rings. The van der Waals surface area contributed by atoms with E-state index in [1.807, 2.05) is 6.92 Å². The Kier molecular flexibility index (Phi) is 8.36. The number of anilines is 1. The fraction of sp³-hybridized carbons (Fsp3) is 0.250. The van der Waals surface area contributed by atoms with Gasteiger partial charge in [-0.15, -0.1) is 0 Å². The number of hydrogen-bond acceptors (Lipinski definition) is 5. The van der Waals surface area contributed by atoms with E-state index >= 15 is 0 Å². The average Bonchev–Trinajstić information content (AvgIpc) is 2.68. The molecule has 0 fully saturated rings. The zero-order valence-corrected chi connectivity index (χ0v) is 16.2. The first-order chi connectivity index (χ1) is 13.5. The minimum atomic E-state index is -0.460. The van der Waals surface area contributed by atoms with Crippen LogP contribution in [0.5, 0.6) is 5.75 Å². The lowest BCUT2D eigenvalue weighted by atomic mass is 10.2. The molecular weight excluding hydrogens is 383 g/mol. The molecule has 148 valence electrons. The molecule has 0 spiro atoms. The van der Waals surface area contributed by atoms with Gasteiger partial charge in [0.05, 0.1) is 12.2 Å². The number of amides is 1. The lowest BCUT2D eigenvalue weighted by Crippen LogP contribution is -2.37. The normalized spacial score (nSPS) is 10.1. The van der Waals surface area contributed by atoms with Gasteiger partial charge >= 0.3 is 5.97 Å². The Hall–Kier alpha value is -3.00. The molecule has 0 atom stereocenters. The zero-order valence-electron chi connectivity index (χ0n) is 15.4. The topological polar surface area (TPSA) is 76.7 Å². The maximum atomic E-state index is 12.8. The molecule has 0 radical (unpaired) electrons. The van der Waals surface area contributed by atoms with Crippen LogP contribution in [0.1, 0.15) is 30.1 Å². The minimum Gasteiger partial charge on any atom is -0.484 e. The quantitative estimate of drug-likeness (QED) is 0.397. The van der Waals surface area contributed by atoms with Crippen LogP contribution in [-0.2, 0) is 9.53 Å². The maximum absolute atomic E-state index is 12.8. The smallest absolute Gasteiger partial charge is 0.338 e. The van der Waals surface area contributed by atoms with Gasteiger partial charge in [0, 0.05) is 5.69 Å². The first-order valence-electron chi connectivity index (χ1n) is 8.74. The van der Waals surface area contributed by atoms with Crippen molar-refractivity contribution in [1.82, 2.24) is 5.32 Å². The van der Waals surface area contributed by atoms with E-state index in [-0.39, 0.29) is 23.5 Å². The summed E-state index contributed by atoms with van der Waals surface area (Å²) in [6.45, 7) is 2.15. The van der Waals surface area contributed by atoms with Crippen molar-refractivity contribution in [3.63, 3.8) is 0 Å². The van der Waals surface area contributed by atoms with Crippen molar-refractivity contribution in [2.75, 3.05) is 18.5 Å². The van der Waals surface area contributed by atoms with Crippen LogP contribution in [0.2, 0.25) is 0 Å². The second-order valence-electron chi connectivity index (χ2n) is 5.81. The molecule has 0 saturated heterocycles. The summed E-state index contributed by atoms with van der Waals surface area (Å²) < 4.78 is 23.2. The van der Waals surface area contributed by atoms with Gasteiger partial charge in [0.1, 0.15) is 11.6 Å². The number of carbonyl (C=O) groups excluding carboxylic acids is 2. The molecule has 0 heterocycles. The van der Waals surface area contributed by atoms with Crippen LogP contribution in [0, 0.1) is 5.82 Å². The Balaban J connectivity index is 1.76. The van der Waals surface area contributed by atoms with Crippen LogP contribution in [-0.4, -0.2) is 30.2 Å². The molecule has 2 N–H and O–H groups in total. The lowest BCUT2D eigenvalue weighted by molar-refractivity contribution is -0.121. The summed E-state index contributed by atoms with van der Waals surface area (Å²) in [5.74, 6) is -0.856. The third kappa shape index (κ3) is 7.32. The summed E-state index contributed by atoms with van der Waals surface area (Å²) >= 11 is 5.08. The Labute approximate surface area is 168 Å². The highest BCUT2D eigenvalue weighted by molar-refractivity contribution is 7.80. The monoisotopic (exact) mass is 404 g/mol. The summed E-state index contributed by atoms with van der Waals surface area (Å²) in [7, 11) is 0. The molecule has 0 bridgehead atoms. The number of esters is 1. The lowest BCUT2D eigenvalue weighted by Gasteiger charge is -2.11. The van der Waals surface area contributed by atoms with E-state index in [2.05, 4.69) is 10.6 Å². The number of rotatable bonds is 8. The number of halogens is 1. The molecule has 0 aromatic heterocycles. The highest BCUT2D eigenvalue weighted by Crippen LogP contribution is 2.12. The number of thiocarbonyl (C=S) groups is 1. The van der Waals surface area contributed by atoms with Crippen LogP contribution >= 0.6 is 12.2 Å².